The van der Waals surface area contributed by atoms with Gasteiger partial charge < -0.3 is 14.7 Å². The van der Waals surface area contributed by atoms with E-state index in [-0.39, 0.29) is 31.5 Å². The Morgan fingerprint density at radius 2 is 2.24 bits per heavy atom. The van der Waals surface area contributed by atoms with E-state index in [0.717, 1.165) is 12.0 Å². The number of hydrogen-bond donors (Lipinski definition) is 1. The highest BCUT2D eigenvalue weighted by molar-refractivity contribution is 5.78. The molecule has 3 rings (SSSR count). The molecule has 0 spiro atoms. The van der Waals surface area contributed by atoms with Gasteiger partial charge in [0.2, 0.25) is 5.91 Å². The van der Waals surface area contributed by atoms with Crippen molar-refractivity contribution in [2.24, 2.45) is 0 Å². The number of nitrogens with zero attached hydrogens (tertiary/aromatic N) is 2. The molecule has 1 saturated heterocycles. The monoisotopic (exact) mass is 286 g/mol. The Labute approximate surface area is 123 Å². The molecule has 0 saturated carbocycles. The minimum atomic E-state index is -1.02. The van der Waals surface area contributed by atoms with E-state index < -0.39 is 5.60 Å². The number of nitriles is 1. The van der Waals surface area contributed by atoms with Gasteiger partial charge in [0.25, 0.3) is 0 Å². The van der Waals surface area contributed by atoms with Crippen LogP contribution in [0.1, 0.15) is 30.1 Å². The topological polar surface area (TPSA) is 73.6 Å². The first-order chi connectivity index (χ1) is 10.1. The van der Waals surface area contributed by atoms with E-state index in [0.29, 0.717) is 13.0 Å². The number of aliphatic hydroxyl groups is 1. The first-order valence-corrected chi connectivity index (χ1v) is 7.18. The molecule has 2 aliphatic heterocycles. The van der Waals surface area contributed by atoms with Crippen molar-refractivity contribution in [2.75, 3.05) is 19.7 Å². The average Bonchev–Trinajstić information content (AvgIpc) is 2.45. The summed E-state index contributed by atoms with van der Waals surface area (Å²) in [7, 11) is 0. The maximum absolute atomic E-state index is 12.2. The highest BCUT2D eigenvalue weighted by Gasteiger charge is 2.43. The molecule has 0 aromatic heterocycles. The second-order valence-corrected chi connectivity index (χ2v) is 5.82. The molecule has 5 nitrogen and oxygen atoms in total. The number of rotatable bonds is 3. The molecule has 1 amide bonds. The van der Waals surface area contributed by atoms with Gasteiger partial charge in [0, 0.05) is 0 Å². The van der Waals surface area contributed by atoms with Crippen molar-refractivity contribution >= 4 is 5.91 Å². The molecular weight excluding hydrogens is 268 g/mol. The fraction of sp³-hybridized carbons (Fsp3) is 0.500. The van der Waals surface area contributed by atoms with Crippen molar-refractivity contribution < 1.29 is 14.6 Å². The molecule has 1 N–H and O–H groups in total. The van der Waals surface area contributed by atoms with Gasteiger partial charge in [0.15, 0.2) is 0 Å². The van der Waals surface area contributed by atoms with Crippen molar-refractivity contribution in [3.63, 3.8) is 0 Å². The molecule has 0 bridgehead atoms. The number of benzene rings is 1. The number of likely N-dealkylation sites (tertiary alicyclic amines) is 1. The van der Waals surface area contributed by atoms with Crippen LogP contribution in [-0.4, -0.2) is 41.2 Å². The molecule has 21 heavy (non-hydrogen) atoms. The van der Waals surface area contributed by atoms with Gasteiger partial charge in [-0.05, 0) is 17.5 Å². The summed E-state index contributed by atoms with van der Waals surface area (Å²) in [4.78, 5) is 13.8. The number of carbonyl (C=O) groups is 1. The van der Waals surface area contributed by atoms with Gasteiger partial charge in [0.1, 0.15) is 5.60 Å². The molecular formula is C16H18N2O3. The molecule has 5 heteroatoms. The summed E-state index contributed by atoms with van der Waals surface area (Å²) in [5, 5.41) is 18.6. The Morgan fingerprint density at radius 1 is 1.48 bits per heavy atom. The normalized spacial score (nSPS) is 22.9. The van der Waals surface area contributed by atoms with Gasteiger partial charge in [-0.2, -0.15) is 5.26 Å². The van der Waals surface area contributed by atoms with Crippen LogP contribution in [0.25, 0.3) is 0 Å². The molecule has 0 aliphatic carbocycles. The maximum Gasteiger partial charge on any atom is 0.225 e. The molecule has 2 aliphatic rings. The molecule has 1 aromatic carbocycles. The van der Waals surface area contributed by atoms with Gasteiger partial charge in [-0.3, -0.25) is 4.79 Å². The molecule has 110 valence electrons. The van der Waals surface area contributed by atoms with Gasteiger partial charge >= 0.3 is 0 Å². The number of hydrogen-bond acceptors (Lipinski definition) is 4. The van der Waals surface area contributed by atoms with E-state index in [1.807, 2.05) is 24.3 Å². The van der Waals surface area contributed by atoms with Crippen molar-refractivity contribution in [2.45, 2.75) is 31.0 Å². The summed E-state index contributed by atoms with van der Waals surface area (Å²) >= 11 is 0. The zero-order valence-corrected chi connectivity index (χ0v) is 11.8. The van der Waals surface area contributed by atoms with Crippen molar-refractivity contribution in [1.82, 2.24) is 4.90 Å². The van der Waals surface area contributed by atoms with Crippen molar-refractivity contribution in [3.8, 4) is 6.07 Å². The average molecular weight is 286 g/mol. The number of β-amino-alcohol motifs (C(OH)–C–C–N with tert-alkyl or cyclic N) is 1. The Kier molecular flexibility index (Phi) is 3.66. The Balaban J connectivity index is 1.61. The van der Waals surface area contributed by atoms with Gasteiger partial charge in [-0.15, -0.1) is 0 Å². The first kappa shape index (κ1) is 14.1. The standard InChI is InChI=1S/C16H18N2O3/c17-7-6-16(20)10-18(11-16)15(19)9-14-13-4-2-1-3-12(13)5-8-21-14/h1-4,14,20H,5-6,8-11H2. The minimum absolute atomic E-state index is 0.0284. The minimum Gasteiger partial charge on any atom is -0.385 e. The van der Waals surface area contributed by atoms with Gasteiger partial charge in [-0.25, -0.2) is 0 Å². The van der Waals surface area contributed by atoms with E-state index >= 15 is 0 Å². The Bertz CT molecular complexity index is 587. The Hall–Kier alpha value is -1.90. The number of fused-ring (bicyclic) bond motifs is 1. The lowest BCUT2D eigenvalue weighted by atomic mass is 9.89. The number of carbonyl (C=O) groups excluding carboxylic acids is 1. The van der Waals surface area contributed by atoms with Crippen molar-refractivity contribution in [1.29, 1.82) is 5.26 Å². The summed E-state index contributed by atoms with van der Waals surface area (Å²) in [5.74, 6) is -0.0284. The lowest BCUT2D eigenvalue weighted by Gasteiger charge is -2.45. The van der Waals surface area contributed by atoms with E-state index in [4.69, 9.17) is 10.00 Å². The highest BCUT2D eigenvalue weighted by atomic mass is 16.5. The smallest absolute Gasteiger partial charge is 0.225 e. The van der Waals surface area contributed by atoms with Crippen LogP contribution in [0.3, 0.4) is 0 Å². The summed E-state index contributed by atoms with van der Waals surface area (Å²) in [6, 6.07) is 9.99. The SMILES string of the molecule is N#CCC1(O)CN(C(=O)CC2OCCc3ccccc32)C1. The van der Waals surface area contributed by atoms with E-state index in [1.54, 1.807) is 4.90 Å². The molecule has 2 heterocycles. The van der Waals surface area contributed by atoms with Crippen LogP contribution < -0.4 is 0 Å². The molecule has 1 atom stereocenters. The fourth-order valence-corrected chi connectivity index (χ4v) is 3.03. The lowest BCUT2D eigenvalue weighted by Crippen LogP contribution is -2.63. The van der Waals surface area contributed by atoms with Crippen LogP contribution >= 0.6 is 0 Å². The number of ether oxygens (including phenoxy) is 1. The second kappa shape index (κ2) is 5.47. The summed E-state index contributed by atoms with van der Waals surface area (Å²) in [5.41, 5.74) is 1.31. The second-order valence-electron chi connectivity index (χ2n) is 5.82. The lowest BCUT2D eigenvalue weighted by molar-refractivity contribution is -0.157. The predicted octanol–water partition coefficient (Wildman–Crippen LogP) is 1.18. The van der Waals surface area contributed by atoms with E-state index in [1.165, 1.54) is 5.56 Å². The van der Waals surface area contributed by atoms with Crippen LogP contribution in [0.4, 0.5) is 0 Å². The van der Waals surface area contributed by atoms with Crippen LogP contribution in [0.5, 0.6) is 0 Å². The molecule has 0 radical (unpaired) electrons. The number of amides is 1. The third-order valence-corrected chi connectivity index (χ3v) is 4.18. The van der Waals surface area contributed by atoms with E-state index in [9.17, 15) is 9.90 Å². The van der Waals surface area contributed by atoms with Crippen LogP contribution in [-0.2, 0) is 16.0 Å². The quantitative estimate of drug-likeness (QED) is 0.905. The maximum atomic E-state index is 12.2. The first-order valence-electron chi connectivity index (χ1n) is 7.18. The Morgan fingerprint density at radius 3 is 3.00 bits per heavy atom. The summed E-state index contributed by atoms with van der Waals surface area (Å²) in [6.45, 7) is 1.12. The zero-order chi connectivity index (χ0) is 14.9. The van der Waals surface area contributed by atoms with Crippen molar-refractivity contribution in [3.05, 3.63) is 35.4 Å². The third-order valence-electron chi connectivity index (χ3n) is 4.18. The zero-order valence-electron chi connectivity index (χ0n) is 11.8. The third kappa shape index (κ3) is 2.78. The summed E-state index contributed by atoms with van der Waals surface area (Å²) < 4.78 is 5.73. The van der Waals surface area contributed by atoms with Crippen LogP contribution in [0.2, 0.25) is 0 Å². The van der Waals surface area contributed by atoms with Gasteiger partial charge in [0.05, 0.1) is 44.7 Å². The van der Waals surface area contributed by atoms with Crippen LogP contribution in [0.15, 0.2) is 24.3 Å². The van der Waals surface area contributed by atoms with Gasteiger partial charge in [-0.1, -0.05) is 24.3 Å². The summed E-state index contributed by atoms with van der Waals surface area (Å²) in [6.07, 6.45) is 1.04. The van der Waals surface area contributed by atoms with E-state index in [2.05, 4.69) is 6.07 Å². The van der Waals surface area contributed by atoms with Crippen LogP contribution in [0, 0.1) is 11.3 Å². The highest BCUT2D eigenvalue weighted by Crippen LogP contribution is 2.32. The molecule has 1 unspecified atom stereocenters. The largest absolute Gasteiger partial charge is 0.385 e. The fourth-order valence-electron chi connectivity index (χ4n) is 3.03. The predicted molar refractivity (Wildman–Crippen MR) is 75.2 cm³/mol. The molecule has 1 fully saturated rings. The molecule has 1 aromatic rings.